The molecule has 92 valence electrons. The highest BCUT2D eigenvalue weighted by Crippen LogP contribution is 2.15. The third-order valence-corrected chi connectivity index (χ3v) is 3.54. The van der Waals surface area contributed by atoms with Gasteiger partial charge in [0.25, 0.3) is 0 Å². The van der Waals surface area contributed by atoms with Crippen molar-refractivity contribution in [3.05, 3.63) is 24.7 Å². The summed E-state index contributed by atoms with van der Waals surface area (Å²) in [6.07, 6.45) is 6.57. The summed E-state index contributed by atoms with van der Waals surface area (Å²) in [7, 11) is 0. The number of nitrogens with one attached hydrogen (secondary N) is 1. The fourth-order valence-corrected chi connectivity index (χ4v) is 2.49. The second kappa shape index (κ2) is 5.91. The van der Waals surface area contributed by atoms with Crippen molar-refractivity contribution in [3.63, 3.8) is 0 Å². The molecule has 0 amide bonds. The van der Waals surface area contributed by atoms with Crippen LogP contribution in [0.1, 0.15) is 20.3 Å². The first-order valence-electron chi connectivity index (χ1n) is 5.94. The lowest BCUT2D eigenvalue weighted by atomic mass is 10.2. The summed E-state index contributed by atoms with van der Waals surface area (Å²) in [5.74, 6) is 3.29. The molecule has 17 heavy (non-hydrogen) atoms. The van der Waals surface area contributed by atoms with E-state index >= 15 is 0 Å². The van der Waals surface area contributed by atoms with Crippen LogP contribution in [0.3, 0.4) is 0 Å². The molecule has 0 aliphatic rings. The summed E-state index contributed by atoms with van der Waals surface area (Å²) in [5, 5.41) is 7.64. The number of thioether (sulfide) groups is 1. The van der Waals surface area contributed by atoms with Gasteiger partial charge in [0.1, 0.15) is 5.52 Å². The lowest BCUT2D eigenvalue weighted by molar-refractivity contribution is 0.765. The van der Waals surface area contributed by atoms with Gasteiger partial charge in [-0.25, -0.2) is 9.50 Å². The number of fused-ring (bicyclic) bond motifs is 1. The molecule has 1 unspecified atom stereocenters. The molecule has 2 aromatic rings. The van der Waals surface area contributed by atoms with Crippen molar-refractivity contribution in [1.82, 2.24) is 14.6 Å². The predicted octanol–water partition coefficient (Wildman–Crippen LogP) is 2.67. The highest BCUT2D eigenvalue weighted by atomic mass is 32.2. The van der Waals surface area contributed by atoms with E-state index in [4.69, 9.17) is 0 Å². The highest BCUT2D eigenvalue weighted by molar-refractivity contribution is 7.99. The molecule has 4 nitrogen and oxygen atoms in total. The van der Waals surface area contributed by atoms with Crippen LogP contribution in [0, 0.1) is 0 Å². The van der Waals surface area contributed by atoms with Gasteiger partial charge in [-0.05, 0) is 30.9 Å². The molecule has 5 heteroatoms. The van der Waals surface area contributed by atoms with Crippen molar-refractivity contribution in [2.24, 2.45) is 0 Å². The number of nitrogens with zero attached hydrogens (tertiary/aromatic N) is 3. The smallest absolute Gasteiger partial charge is 0.152 e. The van der Waals surface area contributed by atoms with Gasteiger partial charge in [-0.3, -0.25) is 0 Å². The summed E-state index contributed by atoms with van der Waals surface area (Å²) in [6.45, 7) is 4.38. The Balaban J connectivity index is 2.00. The number of anilines is 1. The first kappa shape index (κ1) is 12.2. The van der Waals surface area contributed by atoms with E-state index in [2.05, 4.69) is 29.2 Å². The van der Waals surface area contributed by atoms with Crippen LogP contribution in [0.15, 0.2) is 24.7 Å². The van der Waals surface area contributed by atoms with E-state index in [1.165, 1.54) is 11.5 Å². The first-order chi connectivity index (χ1) is 8.31. The van der Waals surface area contributed by atoms with Crippen molar-refractivity contribution in [3.8, 4) is 0 Å². The summed E-state index contributed by atoms with van der Waals surface area (Å²) < 4.78 is 1.84. The molecule has 1 atom stereocenters. The van der Waals surface area contributed by atoms with Crippen molar-refractivity contribution in [1.29, 1.82) is 0 Å². The minimum absolute atomic E-state index is 0.433. The van der Waals surface area contributed by atoms with Crippen LogP contribution in [-0.2, 0) is 0 Å². The Morgan fingerprint density at radius 2 is 2.35 bits per heavy atom. The van der Waals surface area contributed by atoms with E-state index in [1.54, 1.807) is 12.4 Å². The third kappa shape index (κ3) is 3.12. The molecule has 1 N–H and O–H groups in total. The van der Waals surface area contributed by atoms with Crippen LogP contribution < -0.4 is 5.32 Å². The van der Waals surface area contributed by atoms with Crippen molar-refractivity contribution in [2.45, 2.75) is 26.3 Å². The monoisotopic (exact) mass is 250 g/mol. The maximum absolute atomic E-state index is 4.37. The van der Waals surface area contributed by atoms with Gasteiger partial charge in [-0.15, -0.1) is 0 Å². The first-order valence-corrected chi connectivity index (χ1v) is 7.09. The Morgan fingerprint density at radius 3 is 3.18 bits per heavy atom. The van der Waals surface area contributed by atoms with Crippen LogP contribution in [0.5, 0.6) is 0 Å². The standard InChI is InChI=1S/C12H18N4S/c1-3-17-9-5-10(2)15-12-11-4-6-14-16(11)8-7-13-12/h4,6-8,10H,3,5,9H2,1-2H3,(H,13,15). The van der Waals surface area contributed by atoms with Crippen LogP contribution in [-0.4, -0.2) is 32.1 Å². The molecule has 0 aliphatic heterocycles. The fourth-order valence-electron chi connectivity index (χ4n) is 1.68. The minimum atomic E-state index is 0.433. The van der Waals surface area contributed by atoms with Gasteiger partial charge in [-0.2, -0.15) is 16.9 Å². The second-order valence-corrected chi connectivity index (χ2v) is 5.36. The van der Waals surface area contributed by atoms with Gasteiger partial charge in [0.2, 0.25) is 0 Å². The van der Waals surface area contributed by atoms with Crippen LogP contribution >= 0.6 is 11.8 Å². The van der Waals surface area contributed by atoms with E-state index < -0.39 is 0 Å². The molecule has 2 rings (SSSR count). The van der Waals surface area contributed by atoms with Crippen molar-refractivity contribution >= 4 is 23.1 Å². The van der Waals surface area contributed by atoms with Crippen LogP contribution in [0.4, 0.5) is 5.82 Å². The lowest BCUT2D eigenvalue weighted by Gasteiger charge is -2.14. The van der Waals surface area contributed by atoms with E-state index in [9.17, 15) is 0 Å². The molecule has 0 bridgehead atoms. The Kier molecular flexibility index (Phi) is 4.25. The fraction of sp³-hybridized carbons (Fsp3) is 0.500. The molecule has 0 saturated carbocycles. The number of rotatable bonds is 6. The zero-order chi connectivity index (χ0) is 12.1. The SMILES string of the molecule is CCSCCC(C)Nc1nccn2nccc12. The van der Waals surface area contributed by atoms with Crippen molar-refractivity contribution < 1.29 is 0 Å². The van der Waals surface area contributed by atoms with Gasteiger partial charge in [0.15, 0.2) is 5.82 Å². The van der Waals surface area contributed by atoms with Crippen LogP contribution in [0.2, 0.25) is 0 Å². The third-order valence-electron chi connectivity index (χ3n) is 2.61. The topological polar surface area (TPSA) is 42.2 Å². The van der Waals surface area contributed by atoms with Crippen molar-refractivity contribution in [2.75, 3.05) is 16.8 Å². The Hall–Kier alpha value is -1.23. The molecule has 0 saturated heterocycles. The van der Waals surface area contributed by atoms with Gasteiger partial charge < -0.3 is 5.32 Å². The molecule has 0 spiro atoms. The van der Waals surface area contributed by atoms with E-state index in [0.717, 1.165) is 17.8 Å². The van der Waals surface area contributed by atoms with Gasteiger partial charge in [-0.1, -0.05) is 6.92 Å². The Morgan fingerprint density at radius 1 is 1.47 bits per heavy atom. The Bertz CT molecular complexity index is 468. The number of aromatic nitrogens is 3. The largest absolute Gasteiger partial charge is 0.366 e. The van der Waals surface area contributed by atoms with E-state index in [1.807, 2.05) is 28.5 Å². The van der Waals surface area contributed by atoms with Gasteiger partial charge >= 0.3 is 0 Å². The van der Waals surface area contributed by atoms with Gasteiger partial charge in [0.05, 0.1) is 6.20 Å². The van der Waals surface area contributed by atoms with E-state index in [-0.39, 0.29) is 0 Å². The highest BCUT2D eigenvalue weighted by Gasteiger charge is 2.06. The summed E-state index contributed by atoms with van der Waals surface area (Å²) in [5.41, 5.74) is 1.03. The summed E-state index contributed by atoms with van der Waals surface area (Å²) >= 11 is 1.97. The zero-order valence-corrected chi connectivity index (χ0v) is 11.1. The molecular weight excluding hydrogens is 232 g/mol. The summed E-state index contributed by atoms with van der Waals surface area (Å²) in [6, 6.07) is 2.41. The molecular formula is C12H18N4S. The number of hydrogen-bond donors (Lipinski definition) is 1. The maximum Gasteiger partial charge on any atom is 0.152 e. The van der Waals surface area contributed by atoms with Crippen LogP contribution in [0.25, 0.3) is 5.52 Å². The molecule has 0 fully saturated rings. The number of hydrogen-bond acceptors (Lipinski definition) is 4. The minimum Gasteiger partial charge on any atom is -0.366 e. The maximum atomic E-state index is 4.37. The molecule has 0 aromatic carbocycles. The predicted molar refractivity (Wildman–Crippen MR) is 73.7 cm³/mol. The average Bonchev–Trinajstić information content (AvgIpc) is 2.78. The lowest BCUT2D eigenvalue weighted by Crippen LogP contribution is -2.17. The second-order valence-electron chi connectivity index (χ2n) is 3.97. The Labute approximate surface area is 106 Å². The van der Waals surface area contributed by atoms with E-state index in [0.29, 0.717) is 6.04 Å². The quantitative estimate of drug-likeness (QED) is 0.800. The summed E-state index contributed by atoms with van der Waals surface area (Å²) in [4.78, 5) is 4.37. The normalized spacial score (nSPS) is 12.8. The zero-order valence-electron chi connectivity index (χ0n) is 10.3. The molecule has 2 heterocycles. The van der Waals surface area contributed by atoms with Gasteiger partial charge in [0, 0.05) is 18.4 Å². The molecule has 2 aromatic heterocycles. The molecule has 0 aliphatic carbocycles. The molecule has 0 radical (unpaired) electrons. The average molecular weight is 250 g/mol.